The van der Waals surface area contributed by atoms with E-state index in [0.29, 0.717) is 18.0 Å². The Morgan fingerprint density at radius 2 is 2.12 bits per heavy atom. The van der Waals surface area contributed by atoms with Crippen LogP contribution in [0.2, 0.25) is 5.02 Å². The van der Waals surface area contributed by atoms with E-state index in [-0.39, 0.29) is 10.3 Å². The van der Waals surface area contributed by atoms with Crippen molar-refractivity contribution in [2.24, 2.45) is 0 Å². The summed E-state index contributed by atoms with van der Waals surface area (Å²) in [5.74, 6) is 0. The Morgan fingerprint density at radius 3 is 2.71 bits per heavy atom. The zero-order valence-corrected chi connectivity index (χ0v) is 11.8. The third-order valence-electron chi connectivity index (χ3n) is 2.18. The van der Waals surface area contributed by atoms with Crippen LogP contribution in [0.4, 0.5) is 0 Å². The van der Waals surface area contributed by atoms with Gasteiger partial charge in [0.1, 0.15) is 0 Å². The van der Waals surface area contributed by atoms with Gasteiger partial charge in [-0.2, -0.15) is 0 Å². The minimum atomic E-state index is -3.46. The van der Waals surface area contributed by atoms with Gasteiger partial charge in [-0.1, -0.05) is 17.7 Å². The fourth-order valence-corrected chi connectivity index (χ4v) is 2.84. The molecule has 1 unspecified atom stereocenters. The first-order valence-corrected chi connectivity index (χ1v) is 7.61. The average molecular weight is 296 g/mol. The Morgan fingerprint density at radius 1 is 1.41 bits per heavy atom. The highest BCUT2D eigenvalue weighted by Gasteiger charge is 2.13. The number of benzene rings is 1. The maximum atomic E-state index is 11.8. The van der Waals surface area contributed by atoms with Gasteiger partial charge in [0.25, 0.3) is 0 Å². The minimum Gasteiger partial charge on any atom is -0.211 e. The summed E-state index contributed by atoms with van der Waals surface area (Å²) in [7, 11) is -3.46. The molecule has 1 N–H and O–H groups in total. The lowest BCUT2D eigenvalue weighted by atomic mass is 10.2. The largest absolute Gasteiger partial charge is 0.240 e. The molecule has 3 nitrogen and oxygen atoms in total. The molecule has 1 aromatic carbocycles. The van der Waals surface area contributed by atoms with Crippen LogP contribution < -0.4 is 4.72 Å². The molecule has 1 rings (SSSR count). The summed E-state index contributed by atoms with van der Waals surface area (Å²) in [6, 6.07) is 6.18. The van der Waals surface area contributed by atoms with Gasteiger partial charge < -0.3 is 0 Å². The maximum absolute atomic E-state index is 11.8. The van der Waals surface area contributed by atoms with Crippen molar-refractivity contribution in [3.8, 4) is 0 Å². The fraction of sp³-hybridized carbons (Fsp3) is 0.455. The molecule has 0 heterocycles. The number of sulfonamides is 1. The predicted octanol–water partition coefficient (Wildman–Crippen LogP) is 3.03. The van der Waals surface area contributed by atoms with E-state index in [9.17, 15) is 8.42 Å². The van der Waals surface area contributed by atoms with Gasteiger partial charge in [0.05, 0.1) is 4.90 Å². The molecular formula is C11H15Cl2NO2S. The molecule has 6 heteroatoms. The van der Waals surface area contributed by atoms with E-state index < -0.39 is 10.0 Å². The highest BCUT2D eigenvalue weighted by Crippen LogP contribution is 2.15. The van der Waals surface area contributed by atoms with Crippen LogP contribution in [-0.2, 0) is 10.0 Å². The summed E-state index contributed by atoms with van der Waals surface area (Å²) in [6.07, 6.45) is 1.49. The summed E-state index contributed by atoms with van der Waals surface area (Å²) in [5.41, 5.74) is 0. The highest BCUT2D eigenvalue weighted by atomic mass is 35.5. The van der Waals surface area contributed by atoms with E-state index in [1.807, 2.05) is 6.92 Å². The van der Waals surface area contributed by atoms with E-state index >= 15 is 0 Å². The van der Waals surface area contributed by atoms with Crippen molar-refractivity contribution in [2.75, 3.05) is 6.54 Å². The minimum absolute atomic E-state index is 0.0608. The topological polar surface area (TPSA) is 46.2 Å². The molecule has 0 aliphatic carbocycles. The van der Waals surface area contributed by atoms with Crippen molar-refractivity contribution in [3.05, 3.63) is 29.3 Å². The summed E-state index contributed by atoms with van der Waals surface area (Å²) in [6.45, 7) is 2.26. The van der Waals surface area contributed by atoms with Crippen LogP contribution in [0.15, 0.2) is 29.2 Å². The first kappa shape index (κ1) is 14.8. The van der Waals surface area contributed by atoms with Crippen LogP contribution in [0, 0.1) is 0 Å². The second-order valence-electron chi connectivity index (χ2n) is 3.78. The van der Waals surface area contributed by atoms with E-state index in [2.05, 4.69) is 4.72 Å². The standard InChI is InChI=1S/C11H15Cl2NO2S/c1-9(12)4-3-7-14-17(15,16)11-6-2-5-10(13)8-11/h2,5-6,8-9,14H,3-4,7H2,1H3. The van der Waals surface area contributed by atoms with Crippen LogP contribution in [0.5, 0.6) is 0 Å². The molecular weight excluding hydrogens is 281 g/mol. The first-order valence-electron chi connectivity index (χ1n) is 5.31. The number of hydrogen-bond donors (Lipinski definition) is 1. The number of halogens is 2. The van der Waals surface area contributed by atoms with E-state index in [0.717, 1.165) is 6.42 Å². The SMILES string of the molecule is CC(Cl)CCCNS(=O)(=O)c1cccc(Cl)c1. The zero-order valence-electron chi connectivity index (χ0n) is 9.49. The molecule has 0 amide bonds. The van der Waals surface area contributed by atoms with Crippen molar-refractivity contribution in [1.29, 1.82) is 0 Å². The molecule has 1 atom stereocenters. The summed E-state index contributed by atoms with van der Waals surface area (Å²) < 4.78 is 26.2. The van der Waals surface area contributed by atoms with E-state index in [1.54, 1.807) is 12.1 Å². The van der Waals surface area contributed by atoms with Crippen molar-refractivity contribution < 1.29 is 8.42 Å². The molecule has 96 valence electrons. The quantitative estimate of drug-likeness (QED) is 0.648. The Kier molecular flexibility index (Phi) is 5.73. The number of nitrogens with one attached hydrogen (secondary N) is 1. The zero-order chi connectivity index (χ0) is 12.9. The van der Waals surface area contributed by atoms with Crippen LogP contribution in [0.25, 0.3) is 0 Å². The van der Waals surface area contributed by atoms with Crippen molar-refractivity contribution in [3.63, 3.8) is 0 Å². The van der Waals surface area contributed by atoms with Gasteiger partial charge in [-0.3, -0.25) is 0 Å². The van der Waals surface area contributed by atoms with Crippen LogP contribution in [0.1, 0.15) is 19.8 Å². The molecule has 0 saturated carbocycles. The third-order valence-corrected chi connectivity index (χ3v) is 4.09. The van der Waals surface area contributed by atoms with Gasteiger partial charge >= 0.3 is 0 Å². The van der Waals surface area contributed by atoms with Crippen LogP contribution in [-0.4, -0.2) is 20.3 Å². The maximum Gasteiger partial charge on any atom is 0.240 e. The number of hydrogen-bond acceptors (Lipinski definition) is 2. The number of alkyl halides is 1. The number of rotatable bonds is 6. The van der Waals surface area contributed by atoms with Gasteiger partial charge in [0.2, 0.25) is 10.0 Å². The van der Waals surface area contributed by atoms with Gasteiger partial charge in [-0.25, -0.2) is 13.1 Å². The summed E-state index contributed by atoms with van der Waals surface area (Å²) in [5, 5.41) is 0.466. The van der Waals surface area contributed by atoms with Gasteiger partial charge in [0.15, 0.2) is 0 Å². The Labute approximate surface area is 112 Å². The third kappa shape index (κ3) is 5.25. The van der Waals surface area contributed by atoms with E-state index in [4.69, 9.17) is 23.2 Å². The summed E-state index contributed by atoms with van der Waals surface area (Å²) in [4.78, 5) is 0.184. The Balaban J connectivity index is 2.57. The van der Waals surface area contributed by atoms with Crippen molar-refractivity contribution in [2.45, 2.75) is 30.0 Å². The predicted molar refractivity (Wildman–Crippen MR) is 71.2 cm³/mol. The second-order valence-corrected chi connectivity index (χ2v) is 6.73. The van der Waals surface area contributed by atoms with Gasteiger partial charge in [-0.05, 0) is 38.0 Å². The molecule has 17 heavy (non-hydrogen) atoms. The lowest BCUT2D eigenvalue weighted by molar-refractivity contribution is 0.576. The molecule has 0 aliphatic heterocycles. The highest BCUT2D eigenvalue weighted by molar-refractivity contribution is 7.89. The Bertz CT molecular complexity index is 460. The molecule has 0 radical (unpaired) electrons. The molecule has 0 aromatic heterocycles. The van der Waals surface area contributed by atoms with Gasteiger partial charge in [-0.15, -0.1) is 11.6 Å². The average Bonchev–Trinajstić information content (AvgIpc) is 2.24. The molecule has 0 aliphatic rings. The fourth-order valence-electron chi connectivity index (χ4n) is 1.31. The Hall–Kier alpha value is -0.290. The molecule has 0 spiro atoms. The van der Waals surface area contributed by atoms with Crippen LogP contribution >= 0.6 is 23.2 Å². The normalized spacial score (nSPS) is 13.6. The second kappa shape index (κ2) is 6.59. The van der Waals surface area contributed by atoms with Gasteiger partial charge in [0, 0.05) is 16.9 Å². The lowest BCUT2D eigenvalue weighted by Crippen LogP contribution is -2.25. The summed E-state index contributed by atoms with van der Waals surface area (Å²) >= 11 is 11.5. The molecule has 0 saturated heterocycles. The molecule has 1 aromatic rings. The molecule has 0 fully saturated rings. The van der Waals surface area contributed by atoms with E-state index in [1.165, 1.54) is 12.1 Å². The van der Waals surface area contributed by atoms with Crippen molar-refractivity contribution in [1.82, 2.24) is 4.72 Å². The smallest absolute Gasteiger partial charge is 0.211 e. The van der Waals surface area contributed by atoms with Crippen molar-refractivity contribution >= 4 is 33.2 Å². The van der Waals surface area contributed by atoms with Crippen LogP contribution in [0.3, 0.4) is 0 Å². The first-order chi connectivity index (χ1) is 7.92. The monoisotopic (exact) mass is 295 g/mol. The molecule has 0 bridgehead atoms. The lowest BCUT2D eigenvalue weighted by Gasteiger charge is -2.07.